The zero-order valence-corrected chi connectivity index (χ0v) is 13.7. The standard InChI is InChI=1S/C20H20N4/c1-2-4-19-17(3-1)15(7-9-21-19)12-24-10-8-18-16(13-24)11-22-20(23-18)14-5-6-14/h1-4,7,9,11,14H,5-6,8,10,12-13H2. The van der Waals surface area contributed by atoms with Crippen molar-refractivity contribution in [2.75, 3.05) is 6.54 Å². The number of hydrogen-bond acceptors (Lipinski definition) is 4. The van der Waals surface area contributed by atoms with Gasteiger partial charge in [0.15, 0.2) is 0 Å². The lowest BCUT2D eigenvalue weighted by Gasteiger charge is -2.28. The van der Waals surface area contributed by atoms with Crippen LogP contribution in [0.15, 0.2) is 42.7 Å². The first kappa shape index (κ1) is 14.1. The van der Waals surface area contributed by atoms with Gasteiger partial charge in [0, 0.05) is 61.0 Å². The number of benzene rings is 1. The van der Waals surface area contributed by atoms with E-state index in [1.54, 1.807) is 0 Å². The van der Waals surface area contributed by atoms with Crippen LogP contribution in [0.2, 0.25) is 0 Å². The average molecular weight is 316 g/mol. The van der Waals surface area contributed by atoms with Gasteiger partial charge in [0.25, 0.3) is 0 Å². The quantitative estimate of drug-likeness (QED) is 0.742. The van der Waals surface area contributed by atoms with Gasteiger partial charge in [0.1, 0.15) is 5.82 Å². The van der Waals surface area contributed by atoms with Gasteiger partial charge in [-0.05, 0) is 30.5 Å². The molecule has 4 nitrogen and oxygen atoms in total. The van der Waals surface area contributed by atoms with Crippen molar-refractivity contribution in [1.82, 2.24) is 19.9 Å². The van der Waals surface area contributed by atoms with Crippen molar-refractivity contribution in [1.29, 1.82) is 0 Å². The summed E-state index contributed by atoms with van der Waals surface area (Å²) in [6, 6.07) is 10.5. The van der Waals surface area contributed by atoms with Crippen LogP contribution >= 0.6 is 0 Å². The van der Waals surface area contributed by atoms with E-state index in [1.807, 2.05) is 12.3 Å². The lowest BCUT2D eigenvalue weighted by Crippen LogP contribution is -2.31. The van der Waals surface area contributed by atoms with Gasteiger partial charge < -0.3 is 0 Å². The maximum Gasteiger partial charge on any atom is 0.131 e. The zero-order chi connectivity index (χ0) is 15.9. The van der Waals surface area contributed by atoms with E-state index in [-0.39, 0.29) is 0 Å². The molecule has 1 aliphatic carbocycles. The first-order chi connectivity index (χ1) is 11.9. The monoisotopic (exact) mass is 316 g/mol. The van der Waals surface area contributed by atoms with Crippen molar-refractivity contribution >= 4 is 10.9 Å². The van der Waals surface area contributed by atoms with Crippen LogP contribution in [0.3, 0.4) is 0 Å². The Balaban J connectivity index is 1.39. The van der Waals surface area contributed by atoms with Crippen molar-refractivity contribution in [3.63, 3.8) is 0 Å². The number of para-hydroxylation sites is 1. The van der Waals surface area contributed by atoms with Gasteiger partial charge in [-0.2, -0.15) is 0 Å². The van der Waals surface area contributed by atoms with Gasteiger partial charge in [-0.1, -0.05) is 18.2 Å². The predicted octanol–water partition coefficient (Wildman–Crippen LogP) is 3.46. The third-order valence-corrected chi connectivity index (χ3v) is 5.11. The Bertz CT molecular complexity index is 896. The summed E-state index contributed by atoms with van der Waals surface area (Å²) >= 11 is 0. The second-order valence-electron chi connectivity index (χ2n) is 6.92. The molecule has 0 unspecified atom stereocenters. The Morgan fingerprint density at radius 3 is 2.92 bits per heavy atom. The van der Waals surface area contributed by atoms with Crippen LogP contribution < -0.4 is 0 Å². The number of nitrogens with zero attached hydrogens (tertiary/aromatic N) is 4. The molecule has 1 aliphatic heterocycles. The minimum absolute atomic E-state index is 0.636. The molecule has 4 heteroatoms. The molecule has 0 bridgehead atoms. The van der Waals surface area contributed by atoms with E-state index in [9.17, 15) is 0 Å². The minimum atomic E-state index is 0.636. The first-order valence-electron chi connectivity index (χ1n) is 8.76. The van der Waals surface area contributed by atoms with Crippen LogP contribution in [0.4, 0.5) is 0 Å². The van der Waals surface area contributed by atoms with Crippen molar-refractivity contribution in [2.45, 2.75) is 38.3 Å². The molecule has 120 valence electrons. The van der Waals surface area contributed by atoms with Crippen molar-refractivity contribution < 1.29 is 0 Å². The van der Waals surface area contributed by atoms with Crippen LogP contribution in [0.25, 0.3) is 10.9 Å². The molecular weight excluding hydrogens is 296 g/mol. The summed E-state index contributed by atoms with van der Waals surface area (Å²) in [7, 11) is 0. The van der Waals surface area contributed by atoms with Gasteiger partial charge in [-0.25, -0.2) is 9.97 Å². The van der Waals surface area contributed by atoms with E-state index in [0.29, 0.717) is 5.92 Å². The van der Waals surface area contributed by atoms with Gasteiger partial charge in [-0.3, -0.25) is 9.88 Å². The van der Waals surface area contributed by atoms with Gasteiger partial charge in [0.2, 0.25) is 0 Å². The number of pyridine rings is 1. The van der Waals surface area contributed by atoms with Gasteiger partial charge in [-0.15, -0.1) is 0 Å². The Kier molecular flexibility index (Phi) is 3.30. The van der Waals surface area contributed by atoms with Gasteiger partial charge >= 0.3 is 0 Å². The molecule has 0 amide bonds. The van der Waals surface area contributed by atoms with E-state index in [1.165, 1.54) is 35.0 Å². The Morgan fingerprint density at radius 2 is 2.00 bits per heavy atom. The third kappa shape index (κ3) is 2.57. The summed E-state index contributed by atoms with van der Waals surface area (Å²) in [5.41, 5.74) is 4.98. The minimum Gasteiger partial charge on any atom is -0.294 e. The zero-order valence-electron chi connectivity index (χ0n) is 13.7. The van der Waals surface area contributed by atoms with E-state index in [4.69, 9.17) is 4.98 Å². The highest BCUT2D eigenvalue weighted by Crippen LogP contribution is 2.38. The molecule has 0 atom stereocenters. The van der Waals surface area contributed by atoms with Crippen molar-refractivity contribution in [3.8, 4) is 0 Å². The molecule has 2 aromatic heterocycles. The normalized spacial score (nSPS) is 17.8. The molecule has 0 saturated heterocycles. The van der Waals surface area contributed by atoms with Crippen LogP contribution in [0, 0.1) is 0 Å². The molecule has 3 aromatic rings. The average Bonchev–Trinajstić information content (AvgIpc) is 3.47. The largest absolute Gasteiger partial charge is 0.294 e. The third-order valence-electron chi connectivity index (χ3n) is 5.11. The summed E-state index contributed by atoms with van der Waals surface area (Å²) in [5.74, 6) is 1.71. The summed E-state index contributed by atoms with van der Waals surface area (Å²) in [6.07, 6.45) is 7.54. The summed E-state index contributed by atoms with van der Waals surface area (Å²) in [6.45, 7) is 2.95. The molecule has 1 fully saturated rings. The Labute approximate surface area is 141 Å². The molecule has 5 rings (SSSR count). The predicted molar refractivity (Wildman–Crippen MR) is 93.6 cm³/mol. The van der Waals surface area contributed by atoms with Crippen LogP contribution in [0.1, 0.15) is 41.4 Å². The molecule has 0 spiro atoms. The molecule has 24 heavy (non-hydrogen) atoms. The highest BCUT2D eigenvalue weighted by molar-refractivity contribution is 5.81. The summed E-state index contributed by atoms with van der Waals surface area (Å²) in [4.78, 5) is 16.4. The Hall–Kier alpha value is -2.33. The van der Waals surface area contributed by atoms with E-state index in [2.05, 4.69) is 45.3 Å². The van der Waals surface area contributed by atoms with Crippen molar-refractivity contribution in [3.05, 3.63) is 65.4 Å². The fraction of sp³-hybridized carbons (Fsp3) is 0.350. The lowest BCUT2D eigenvalue weighted by atomic mass is 10.0. The smallest absolute Gasteiger partial charge is 0.131 e. The van der Waals surface area contributed by atoms with E-state index >= 15 is 0 Å². The molecule has 2 aliphatic rings. The maximum atomic E-state index is 4.82. The highest BCUT2D eigenvalue weighted by Gasteiger charge is 2.28. The molecule has 0 N–H and O–H groups in total. The second-order valence-corrected chi connectivity index (χ2v) is 6.92. The lowest BCUT2D eigenvalue weighted by molar-refractivity contribution is 0.243. The topological polar surface area (TPSA) is 41.9 Å². The SMILES string of the molecule is c1ccc2c(CN3CCc4nc(C5CC5)ncc4C3)ccnc2c1. The Morgan fingerprint density at radius 1 is 1.08 bits per heavy atom. The van der Waals surface area contributed by atoms with Crippen LogP contribution in [0.5, 0.6) is 0 Å². The number of rotatable bonds is 3. The fourth-order valence-corrected chi connectivity index (χ4v) is 3.60. The summed E-state index contributed by atoms with van der Waals surface area (Å²) in [5, 5.41) is 1.26. The number of aromatic nitrogens is 3. The number of fused-ring (bicyclic) bond motifs is 2. The van der Waals surface area contributed by atoms with Crippen LogP contribution in [-0.2, 0) is 19.5 Å². The van der Waals surface area contributed by atoms with E-state index in [0.717, 1.165) is 37.4 Å². The molecule has 3 heterocycles. The second kappa shape index (κ2) is 5.64. The number of hydrogen-bond donors (Lipinski definition) is 0. The maximum absolute atomic E-state index is 4.82. The summed E-state index contributed by atoms with van der Waals surface area (Å²) < 4.78 is 0. The van der Waals surface area contributed by atoms with Crippen molar-refractivity contribution in [2.24, 2.45) is 0 Å². The highest BCUT2D eigenvalue weighted by atomic mass is 15.1. The molecule has 1 aromatic carbocycles. The fourth-order valence-electron chi connectivity index (χ4n) is 3.60. The molecule has 1 saturated carbocycles. The molecular formula is C20H20N4. The van der Waals surface area contributed by atoms with Crippen LogP contribution in [-0.4, -0.2) is 26.4 Å². The van der Waals surface area contributed by atoms with Gasteiger partial charge in [0.05, 0.1) is 5.52 Å². The first-order valence-corrected chi connectivity index (χ1v) is 8.76. The molecule has 0 radical (unpaired) electrons. The van der Waals surface area contributed by atoms with E-state index < -0.39 is 0 Å².